The van der Waals surface area contributed by atoms with Gasteiger partial charge < -0.3 is 29.2 Å². The van der Waals surface area contributed by atoms with E-state index >= 15 is 0 Å². The number of nitrogens with zero attached hydrogens (tertiary/aromatic N) is 5. The first-order chi connectivity index (χ1) is 19.9. The van der Waals surface area contributed by atoms with Crippen molar-refractivity contribution >= 4 is 22.8 Å². The molecule has 0 aliphatic carbocycles. The smallest absolute Gasteiger partial charge is 0.236 e. The Kier molecular flexibility index (Phi) is 8.71. The van der Waals surface area contributed by atoms with Gasteiger partial charge in [-0.25, -0.2) is 4.98 Å². The van der Waals surface area contributed by atoms with Crippen molar-refractivity contribution in [2.45, 2.75) is 32.7 Å². The summed E-state index contributed by atoms with van der Waals surface area (Å²) in [6, 6.07) is 9.56. The number of rotatable bonds is 8. The van der Waals surface area contributed by atoms with E-state index in [0.717, 1.165) is 37.1 Å². The maximum Gasteiger partial charge on any atom is 0.236 e. The topological polar surface area (TPSA) is 122 Å². The molecule has 2 aliphatic heterocycles. The van der Waals surface area contributed by atoms with Crippen LogP contribution in [0.15, 0.2) is 24.3 Å². The van der Waals surface area contributed by atoms with Crippen molar-refractivity contribution in [3.8, 4) is 29.2 Å². The summed E-state index contributed by atoms with van der Waals surface area (Å²) in [7, 11) is 3.17. The predicted octanol–water partition coefficient (Wildman–Crippen LogP) is 3.66. The van der Waals surface area contributed by atoms with Crippen molar-refractivity contribution in [2.24, 2.45) is 0 Å². The molecule has 0 saturated carbocycles. The maximum absolute atomic E-state index is 12.7. The average Bonchev–Trinajstić information content (AvgIpc) is 2.99. The summed E-state index contributed by atoms with van der Waals surface area (Å²) in [5.41, 5.74) is 2.89. The van der Waals surface area contributed by atoms with Gasteiger partial charge in [0.15, 0.2) is 11.5 Å². The Hall–Kier alpha value is -4.14. The highest BCUT2D eigenvalue weighted by molar-refractivity contribution is 5.88. The molecule has 0 unspecified atom stereocenters. The minimum Gasteiger partial charge on any atom is -0.493 e. The highest BCUT2D eigenvalue weighted by Gasteiger charge is 2.25. The van der Waals surface area contributed by atoms with Gasteiger partial charge in [-0.1, -0.05) is 0 Å². The van der Waals surface area contributed by atoms with E-state index in [9.17, 15) is 10.1 Å². The van der Waals surface area contributed by atoms with Crippen LogP contribution in [0.25, 0.3) is 10.9 Å². The summed E-state index contributed by atoms with van der Waals surface area (Å²) < 4.78 is 22.8. The van der Waals surface area contributed by atoms with E-state index in [1.54, 1.807) is 26.4 Å². The molecule has 0 spiro atoms. The summed E-state index contributed by atoms with van der Waals surface area (Å²) >= 11 is 0. The number of aryl methyl sites for hydroxylation is 2. The Morgan fingerprint density at radius 2 is 1.68 bits per heavy atom. The van der Waals surface area contributed by atoms with Gasteiger partial charge in [0.2, 0.25) is 17.7 Å². The third-order valence-corrected chi connectivity index (χ3v) is 7.60. The molecule has 0 radical (unpaired) electrons. The maximum atomic E-state index is 12.7. The standard InChI is InChI=1S/C30H36N6O5/c1-19-13-21(17-31)14-20(2)28(19)41-29-23-15-25(38-3)26(39-4)16-24(23)33-30(34-29)32-22-5-7-35(8-6-22)18-27(37)36-9-11-40-12-10-36/h13-16,22H,5-12,18H2,1-4H3,(H,32,33,34). The van der Waals surface area contributed by atoms with Gasteiger partial charge in [-0.05, 0) is 56.0 Å². The Morgan fingerprint density at radius 1 is 1.02 bits per heavy atom. The molecule has 0 bridgehead atoms. The summed E-state index contributed by atoms with van der Waals surface area (Å²) in [5.74, 6) is 2.73. The van der Waals surface area contributed by atoms with Gasteiger partial charge in [0.1, 0.15) is 5.75 Å². The first-order valence-electron chi connectivity index (χ1n) is 13.9. The lowest BCUT2D eigenvalue weighted by Crippen LogP contribution is -2.48. The van der Waals surface area contributed by atoms with Crippen LogP contribution in [-0.4, -0.2) is 91.9 Å². The zero-order chi connectivity index (χ0) is 28.9. The number of methoxy groups -OCH3 is 2. The molecule has 3 heterocycles. The zero-order valence-electron chi connectivity index (χ0n) is 24.0. The Labute approximate surface area is 240 Å². The minimum atomic E-state index is 0.147. The number of carbonyl (C=O) groups is 1. The summed E-state index contributed by atoms with van der Waals surface area (Å²) in [6.07, 6.45) is 1.71. The normalized spacial score (nSPS) is 16.3. The Bertz CT molecular complexity index is 1430. The molecule has 11 nitrogen and oxygen atoms in total. The van der Waals surface area contributed by atoms with Crippen molar-refractivity contribution in [1.29, 1.82) is 5.26 Å². The molecule has 41 heavy (non-hydrogen) atoms. The number of carbonyl (C=O) groups excluding carboxylic acids is 1. The monoisotopic (exact) mass is 560 g/mol. The van der Waals surface area contributed by atoms with Crippen LogP contribution in [0.2, 0.25) is 0 Å². The Morgan fingerprint density at radius 3 is 2.32 bits per heavy atom. The fourth-order valence-corrected chi connectivity index (χ4v) is 5.36. The number of piperidine rings is 1. The van der Waals surface area contributed by atoms with E-state index in [-0.39, 0.29) is 11.9 Å². The van der Waals surface area contributed by atoms with E-state index < -0.39 is 0 Å². The molecule has 5 rings (SSSR count). The molecular weight excluding hydrogens is 524 g/mol. The highest BCUT2D eigenvalue weighted by atomic mass is 16.5. The molecular formula is C30H36N6O5. The van der Waals surface area contributed by atoms with E-state index in [2.05, 4.69) is 16.3 Å². The number of amides is 1. The van der Waals surface area contributed by atoms with Crippen LogP contribution in [0.1, 0.15) is 29.5 Å². The van der Waals surface area contributed by atoms with Crippen molar-refractivity contribution in [3.05, 3.63) is 41.0 Å². The van der Waals surface area contributed by atoms with Gasteiger partial charge in [0.05, 0.1) is 56.5 Å². The molecule has 11 heteroatoms. The van der Waals surface area contributed by atoms with Gasteiger partial charge >= 0.3 is 0 Å². The minimum absolute atomic E-state index is 0.147. The first-order valence-corrected chi connectivity index (χ1v) is 13.9. The fourth-order valence-electron chi connectivity index (χ4n) is 5.36. The Balaban J connectivity index is 1.36. The molecule has 2 saturated heterocycles. The van der Waals surface area contributed by atoms with Crippen molar-refractivity contribution in [3.63, 3.8) is 0 Å². The van der Waals surface area contributed by atoms with Crippen LogP contribution < -0.4 is 19.5 Å². The number of anilines is 1. The summed E-state index contributed by atoms with van der Waals surface area (Å²) in [5, 5.41) is 13.5. The molecule has 2 aliphatic rings. The molecule has 1 amide bonds. The number of nitriles is 1. The predicted molar refractivity (Wildman–Crippen MR) is 154 cm³/mol. The second-order valence-electron chi connectivity index (χ2n) is 10.4. The average molecular weight is 561 g/mol. The summed E-state index contributed by atoms with van der Waals surface area (Å²) in [4.78, 5) is 26.3. The quantitative estimate of drug-likeness (QED) is 0.437. The lowest BCUT2D eigenvalue weighted by Gasteiger charge is -2.34. The molecule has 1 N–H and O–H groups in total. The number of aromatic nitrogens is 2. The van der Waals surface area contributed by atoms with Crippen LogP contribution in [-0.2, 0) is 9.53 Å². The number of hydrogen-bond donors (Lipinski definition) is 1. The van der Waals surface area contributed by atoms with E-state index in [0.29, 0.717) is 78.4 Å². The van der Waals surface area contributed by atoms with Crippen molar-refractivity contribution < 1.29 is 23.7 Å². The lowest BCUT2D eigenvalue weighted by molar-refractivity contribution is -0.136. The molecule has 2 fully saturated rings. The fraction of sp³-hybridized carbons (Fsp3) is 0.467. The second kappa shape index (κ2) is 12.6. The largest absolute Gasteiger partial charge is 0.493 e. The highest BCUT2D eigenvalue weighted by Crippen LogP contribution is 2.38. The second-order valence-corrected chi connectivity index (χ2v) is 10.4. The zero-order valence-corrected chi connectivity index (χ0v) is 24.0. The van der Waals surface area contributed by atoms with Crippen molar-refractivity contribution in [2.75, 3.05) is 65.5 Å². The molecule has 216 valence electrons. The number of hydrogen-bond acceptors (Lipinski definition) is 10. The van der Waals surface area contributed by atoms with Gasteiger partial charge in [-0.15, -0.1) is 0 Å². The molecule has 0 atom stereocenters. The third-order valence-electron chi connectivity index (χ3n) is 7.60. The van der Waals surface area contributed by atoms with E-state index in [1.807, 2.05) is 30.9 Å². The van der Waals surface area contributed by atoms with Gasteiger partial charge in [0.25, 0.3) is 0 Å². The van der Waals surface area contributed by atoms with Crippen LogP contribution in [0.4, 0.5) is 5.95 Å². The van der Waals surface area contributed by atoms with Crippen LogP contribution in [0.5, 0.6) is 23.1 Å². The third kappa shape index (κ3) is 6.45. The van der Waals surface area contributed by atoms with Crippen molar-refractivity contribution in [1.82, 2.24) is 19.8 Å². The number of benzene rings is 2. The number of morpholine rings is 1. The van der Waals surface area contributed by atoms with Gasteiger partial charge in [-0.3, -0.25) is 9.69 Å². The summed E-state index contributed by atoms with van der Waals surface area (Å²) in [6.45, 7) is 8.41. The molecule has 2 aromatic carbocycles. The lowest BCUT2D eigenvalue weighted by atomic mass is 10.1. The SMILES string of the molecule is COc1cc2nc(NC3CCN(CC(=O)N4CCOCC4)CC3)nc(Oc3c(C)cc(C#N)cc3C)c2cc1OC. The van der Waals surface area contributed by atoms with Crippen LogP contribution >= 0.6 is 0 Å². The molecule has 3 aromatic rings. The van der Waals surface area contributed by atoms with Crippen LogP contribution in [0.3, 0.4) is 0 Å². The van der Waals surface area contributed by atoms with E-state index in [1.165, 1.54) is 0 Å². The number of likely N-dealkylation sites (tertiary alicyclic amines) is 1. The molecule has 1 aromatic heterocycles. The van der Waals surface area contributed by atoms with Crippen LogP contribution in [0, 0.1) is 25.2 Å². The number of ether oxygens (including phenoxy) is 4. The first kappa shape index (κ1) is 28.4. The number of nitrogens with one attached hydrogen (secondary N) is 1. The van der Waals surface area contributed by atoms with Gasteiger partial charge in [0, 0.05) is 38.3 Å². The van der Waals surface area contributed by atoms with E-state index in [4.69, 9.17) is 28.9 Å². The number of fused-ring (bicyclic) bond motifs is 1. The van der Waals surface area contributed by atoms with Gasteiger partial charge in [-0.2, -0.15) is 10.2 Å².